The second kappa shape index (κ2) is 5.00. The van der Waals surface area contributed by atoms with E-state index in [-0.39, 0.29) is 6.61 Å². The summed E-state index contributed by atoms with van der Waals surface area (Å²) in [4.78, 5) is 9.66. The molecule has 0 aliphatic carbocycles. The van der Waals surface area contributed by atoms with Crippen LogP contribution in [0.2, 0.25) is 0 Å². The van der Waals surface area contributed by atoms with Gasteiger partial charge in [0.05, 0.1) is 6.61 Å². The fraction of sp³-hybridized carbons (Fsp3) is 0.400. The lowest BCUT2D eigenvalue weighted by Gasteiger charge is -1.99. The van der Waals surface area contributed by atoms with Gasteiger partial charge in [-0.2, -0.15) is 8.42 Å². The molecular formula is C5H8O5S. The van der Waals surface area contributed by atoms with Crippen LogP contribution in [0, 0.1) is 0 Å². The zero-order valence-electron chi connectivity index (χ0n) is 5.73. The molecule has 0 saturated carbocycles. The molecule has 0 aromatic carbocycles. The summed E-state index contributed by atoms with van der Waals surface area (Å²) in [5, 5.41) is 0. The van der Waals surface area contributed by atoms with Gasteiger partial charge < -0.3 is 4.79 Å². The van der Waals surface area contributed by atoms with Crippen molar-refractivity contribution in [1.29, 1.82) is 0 Å². The van der Waals surface area contributed by atoms with E-state index >= 15 is 0 Å². The molecule has 0 bridgehead atoms. The highest BCUT2D eigenvalue weighted by atomic mass is 32.3. The Balaban J connectivity index is 3.80. The largest absolute Gasteiger partial charge is 0.400 e. The van der Waals surface area contributed by atoms with Gasteiger partial charge in [0.15, 0.2) is 0 Å². The fourth-order valence-electron chi connectivity index (χ4n) is 0.277. The molecule has 5 nitrogen and oxygen atoms in total. The molecule has 0 fully saturated rings. The van der Waals surface area contributed by atoms with Crippen molar-refractivity contribution in [3.63, 3.8) is 0 Å². The summed E-state index contributed by atoms with van der Waals surface area (Å²) in [6, 6.07) is 0. The number of rotatable bonds is 6. The average molecular weight is 180 g/mol. The fourth-order valence-corrected chi connectivity index (χ4v) is 0.830. The average Bonchev–Trinajstić information content (AvgIpc) is 1.97. The highest BCUT2D eigenvalue weighted by Crippen LogP contribution is 1.93. The van der Waals surface area contributed by atoms with Crippen molar-refractivity contribution in [3.8, 4) is 0 Å². The van der Waals surface area contributed by atoms with E-state index in [2.05, 4.69) is 14.9 Å². The summed E-state index contributed by atoms with van der Waals surface area (Å²) in [5.41, 5.74) is 0. The standard InChI is InChI=1S/C5H8O5S/c1-2-4-9-11(7,8)10-5-3-6/h2-3H,1,4-5H2. The van der Waals surface area contributed by atoms with Gasteiger partial charge in [0, 0.05) is 0 Å². The van der Waals surface area contributed by atoms with Crippen LogP contribution < -0.4 is 0 Å². The first-order chi connectivity index (χ1) is 5.12. The van der Waals surface area contributed by atoms with Gasteiger partial charge in [-0.3, -0.25) is 0 Å². The Bertz CT molecular complexity index is 199. The van der Waals surface area contributed by atoms with Gasteiger partial charge in [-0.15, -0.1) is 6.58 Å². The normalized spacial score (nSPS) is 10.9. The Hall–Kier alpha value is -0.720. The van der Waals surface area contributed by atoms with Crippen LogP contribution >= 0.6 is 0 Å². The molecule has 0 saturated heterocycles. The predicted octanol–water partition coefficient (Wildman–Crippen LogP) is -0.351. The van der Waals surface area contributed by atoms with E-state index in [4.69, 9.17) is 0 Å². The van der Waals surface area contributed by atoms with E-state index in [0.717, 1.165) is 0 Å². The Morgan fingerprint density at radius 3 is 2.27 bits per heavy atom. The molecule has 0 atom stereocenters. The smallest absolute Gasteiger partial charge is 0.301 e. The number of hydrogen-bond donors (Lipinski definition) is 0. The molecule has 0 N–H and O–H groups in total. The van der Waals surface area contributed by atoms with Crippen molar-refractivity contribution in [1.82, 2.24) is 0 Å². The van der Waals surface area contributed by atoms with Gasteiger partial charge in [0.25, 0.3) is 0 Å². The van der Waals surface area contributed by atoms with Crippen LogP contribution in [0.1, 0.15) is 0 Å². The molecule has 0 aromatic rings. The van der Waals surface area contributed by atoms with Crippen molar-refractivity contribution in [2.24, 2.45) is 0 Å². The van der Waals surface area contributed by atoms with Gasteiger partial charge in [-0.05, 0) is 0 Å². The lowest BCUT2D eigenvalue weighted by molar-refractivity contribution is -0.109. The van der Waals surface area contributed by atoms with Gasteiger partial charge in [-0.25, -0.2) is 8.37 Å². The second-order valence-corrected chi connectivity index (χ2v) is 2.72. The predicted molar refractivity (Wildman–Crippen MR) is 37.1 cm³/mol. The SMILES string of the molecule is C=CCOS(=O)(=O)OCC=O. The van der Waals surface area contributed by atoms with Crippen LogP contribution in [0.4, 0.5) is 0 Å². The molecule has 0 heterocycles. The van der Waals surface area contributed by atoms with Gasteiger partial charge in [0.1, 0.15) is 12.9 Å². The zero-order valence-corrected chi connectivity index (χ0v) is 6.54. The number of hydrogen-bond acceptors (Lipinski definition) is 5. The van der Waals surface area contributed by atoms with E-state index in [0.29, 0.717) is 6.29 Å². The maximum atomic E-state index is 10.5. The lowest BCUT2D eigenvalue weighted by atomic mass is 10.7. The Morgan fingerprint density at radius 2 is 1.82 bits per heavy atom. The molecular weight excluding hydrogens is 172 g/mol. The number of carbonyl (C=O) groups excluding carboxylic acids is 1. The van der Waals surface area contributed by atoms with Crippen LogP contribution in [0.5, 0.6) is 0 Å². The maximum Gasteiger partial charge on any atom is 0.400 e. The third-order valence-electron chi connectivity index (χ3n) is 0.611. The van der Waals surface area contributed by atoms with Crippen molar-refractivity contribution in [2.75, 3.05) is 13.2 Å². The number of aldehydes is 1. The first kappa shape index (κ1) is 10.3. The monoisotopic (exact) mass is 180 g/mol. The van der Waals surface area contributed by atoms with E-state index in [1.165, 1.54) is 6.08 Å². The van der Waals surface area contributed by atoms with Crippen LogP contribution in [0.3, 0.4) is 0 Å². The van der Waals surface area contributed by atoms with E-state index in [1.807, 2.05) is 0 Å². The topological polar surface area (TPSA) is 69.7 Å². The third-order valence-corrected chi connectivity index (χ3v) is 1.46. The lowest BCUT2D eigenvalue weighted by Crippen LogP contribution is -2.11. The summed E-state index contributed by atoms with van der Waals surface area (Å²) < 4.78 is 29.2. The van der Waals surface area contributed by atoms with E-state index in [9.17, 15) is 13.2 Å². The molecule has 0 amide bonds. The first-order valence-electron chi connectivity index (χ1n) is 2.70. The molecule has 64 valence electrons. The summed E-state index contributed by atoms with van der Waals surface area (Å²) in [6.45, 7) is 2.54. The molecule has 0 aliphatic rings. The van der Waals surface area contributed by atoms with Gasteiger partial charge in [0.2, 0.25) is 0 Å². The molecule has 11 heavy (non-hydrogen) atoms. The molecule has 0 spiro atoms. The van der Waals surface area contributed by atoms with E-state index < -0.39 is 17.0 Å². The number of carbonyl (C=O) groups is 1. The minimum atomic E-state index is -4.01. The van der Waals surface area contributed by atoms with Crippen molar-refractivity contribution in [3.05, 3.63) is 12.7 Å². The third kappa shape index (κ3) is 5.71. The highest BCUT2D eigenvalue weighted by Gasteiger charge is 2.08. The Kier molecular flexibility index (Phi) is 4.67. The van der Waals surface area contributed by atoms with Crippen LogP contribution in [-0.4, -0.2) is 27.9 Å². The minimum Gasteiger partial charge on any atom is -0.301 e. The zero-order chi connectivity index (χ0) is 8.74. The Morgan fingerprint density at radius 1 is 1.27 bits per heavy atom. The maximum absolute atomic E-state index is 10.5. The van der Waals surface area contributed by atoms with Gasteiger partial charge in [-0.1, -0.05) is 6.08 Å². The first-order valence-corrected chi connectivity index (χ1v) is 4.04. The Labute approximate surface area is 64.9 Å². The molecule has 0 rings (SSSR count). The van der Waals surface area contributed by atoms with Crippen molar-refractivity contribution < 1.29 is 21.6 Å². The molecule has 0 aliphatic heterocycles. The van der Waals surface area contributed by atoms with Crippen LogP contribution in [-0.2, 0) is 23.6 Å². The highest BCUT2D eigenvalue weighted by molar-refractivity contribution is 7.81. The summed E-state index contributed by atoms with van der Waals surface area (Å²) in [6.07, 6.45) is 1.57. The quantitative estimate of drug-likeness (QED) is 0.412. The van der Waals surface area contributed by atoms with Crippen molar-refractivity contribution >= 4 is 16.7 Å². The van der Waals surface area contributed by atoms with Crippen molar-refractivity contribution in [2.45, 2.75) is 0 Å². The summed E-state index contributed by atoms with van der Waals surface area (Å²) in [7, 11) is -4.01. The second-order valence-electron chi connectivity index (χ2n) is 1.43. The molecule has 0 radical (unpaired) electrons. The summed E-state index contributed by atoms with van der Waals surface area (Å²) in [5.74, 6) is 0. The minimum absolute atomic E-state index is 0.165. The van der Waals surface area contributed by atoms with Crippen LogP contribution in [0.25, 0.3) is 0 Å². The van der Waals surface area contributed by atoms with E-state index in [1.54, 1.807) is 0 Å². The molecule has 6 heteroatoms. The molecule has 0 unspecified atom stereocenters. The van der Waals surface area contributed by atoms with Gasteiger partial charge >= 0.3 is 10.4 Å². The molecule has 0 aromatic heterocycles. The summed E-state index contributed by atoms with van der Waals surface area (Å²) >= 11 is 0. The van der Waals surface area contributed by atoms with Crippen LogP contribution in [0.15, 0.2) is 12.7 Å².